The zero-order valence-electron chi connectivity index (χ0n) is 27.4. The van der Waals surface area contributed by atoms with Crippen molar-refractivity contribution >= 4 is 23.5 Å². The molecule has 10 nitrogen and oxygen atoms in total. The Morgan fingerprint density at radius 3 is 2.50 bits per heavy atom. The van der Waals surface area contributed by atoms with Crippen LogP contribution in [0, 0.1) is 11.8 Å². The molecule has 0 radical (unpaired) electrons. The van der Waals surface area contributed by atoms with Gasteiger partial charge < -0.3 is 35.4 Å². The van der Waals surface area contributed by atoms with E-state index in [0.717, 1.165) is 32.1 Å². The summed E-state index contributed by atoms with van der Waals surface area (Å²) in [6.45, 7) is 5.22. The maximum Gasteiger partial charge on any atom is 0.328 e. The van der Waals surface area contributed by atoms with Gasteiger partial charge >= 0.3 is 5.97 Å². The number of aryl methyl sites for hydroxylation is 1. The third-order valence-electron chi connectivity index (χ3n) is 8.69. The second-order valence-corrected chi connectivity index (χ2v) is 12.3. The number of nitrogens with one attached hydrogen (secondary N) is 2. The highest BCUT2D eigenvalue weighted by Crippen LogP contribution is 2.34. The number of carbonyl (C=O) groups excluding carboxylic acids is 3. The molecule has 1 saturated carbocycles. The Kier molecular flexibility index (Phi) is 14.6. The maximum absolute atomic E-state index is 13.1. The largest absolute Gasteiger partial charge is 0.508 e. The number of benzene rings is 1. The molecule has 1 heterocycles. The molecule has 0 unspecified atom stereocenters. The van der Waals surface area contributed by atoms with Crippen molar-refractivity contribution in [3.63, 3.8) is 0 Å². The standard InChI is InChI=1S/C36H50N2O8/c1-23-14-13-17-27-20-28(39)21-30(34(27)42)38-32(40)22-29(45-4)18-11-6-5-7-12-19-31(24(2)33(23)41)46-36(44)25(3)37-35(43)26-15-9-8-10-16-26/h5-7,11-12,14,18,20-21,24-26,29,31,33,39,41-42H,8-10,13,15-17,19,22H2,1-4H3,(H,37,43)(H,38,40)/b6-5+,12-7+,18-11+,23-14-/t24-,25+,29+,31-,33+/m0/s1. The van der Waals surface area contributed by atoms with E-state index in [2.05, 4.69) is 10.6 Å². The number of anilines is 1. The number of allylic oxidation sites excluding steroid dienone is 5. The molecule has 46 heavy (non-hydrogen) atoms. The van der Waals surface area contributed by atoms with Crippen LogP contribution in [0.5, 0.6) is 11.5 Å². The van der Waals surface area contributed by atoms with E-state index in [4.69, 9.17) is 9.47 Å². The number of amides is 2. The summed E-state index contributed by atoms with van der Waals surface area (Å²) in [5.74, 6) is -1.90. The molecule has 0 aromatic heterocycles. The molecule has 2 aliphatic rings. The number of aliphatic hydroxyl groups is 1. The summed E-state index contributed by atoms with van der Waals surface area (Å²) >= 11 is 0. The van der Waals surface area contributed by atoms with Gasteiger partial charge in [0.2, 0.25) is 11.8 Å². The zero-order valence-corrected chi connectivity index (χ0v) is 27.4. The second kappa shape index (κ2) is 18.3. The fourth-order valence-corrected chi connectivity index (χ4v) is 5.76. The Morgan fingerprint density at radius 2 is 1.78 bits per heavy atom. The number of hydrogen-bond acceptors (Lipinski definition) is 8. The minimum atomic E-state index is -0.940. The van der Waals surface area contributed by atoms with E-state index in [1.54, 1.807) is 44.2 Å². The average Bonchev–Trinajstić information content (AvgIpc) is 3.04. The zero-order chi connectivity index (χ0) is 33.6. The number of phenols is 2. The van der Waals surface area contributed by atoms with Crippen LogP contribution in [0.15, 0.2) is 60.2 Å². The number of rotatable bonds is 5. The van der Waals surface area contributed by atoms with Gasteiger partial charge in [-0.15, -0.1) is 0 Å². The summed E-state index contributed by atoms with van der Waals surface area (Å²) in [4.78, 5) is 38.6. The highest BCUT2D eigenvalue weighted by molar-refractivity contribution is 5.93. The third-order valence-corrected chi connectivity index (χ3v) is 8.69. The number of methoxy groups -OCH3 is 1. The number of hydrogen-bond donors (Lipinski definition) is 5. The lowest BCUT2D eigenvalue weighted by Crippen LogP contribution is -2.45. The monoisotopic (exact) mass is 638 g/mol. The van der Waals surface area contributed by atoms with E-state index in [9.17, 15) is 29.7 Å². The van der Waals surface area contributed by atoms with Gasteiger partial charge in [-0.2, -0.15) is 0 Å². The fourth-order valence-electron chi connectivity index (χ4n) is 5.76. The van der Waals surface area contributed by atoms with Crippen molar-refractivity contribution in [1.82, 2.24) is 5.32 Å². The van der Waals surface area contributed by atoms with E-state index >= 15 is 0 Å². The first-order valence-electron chi connectivity index (χ1n) is 16.2. The van der Waals surface area contributed by atoms with Gasteiger partial charge in [0, 0.05) is 31.4 Å². The predicted molar refractivity (Wildman–Crippen MR) is 177 cm³/mol. The quantitative estimate of drug-likeness (QED) is 0.125. The normalized spacial score (nSPS) is 27.8. The Morgan fingerprint density at radius 1 is 1.07 bits per heavy atom. The first kappa shape index (κ1) is 36.6. The minimum absolute atomic E-state index is 0.00853. The Bertz CT molecular complexity index is 1310. The lowest BCUT2D eigenvalue weighted by atomic mass is 9.88. The van der Waals surface area contributed by atoms with Gasteiger partial charge in [0.1, 0.15) is 23.6 Å². The number of fused-ring (bicyclic) bond motifs is 2. The molecule has 1 aromatic rings. The highest BCUT2D eigenvalue weighted by atomic mass is 16.5. The van der Waals surface area contributed by atoms with Crippen molar-refractivity contribution in [2.45, 2.75) is 103 Å². The lowest BCUT2D eigenvalue weighted by molar-refractivity contribution is -0.156. The van der Waals surface area contributed by atoms with Crippen LogP contribution in [0.25, 0.3) is 0 Å². The minimum Gasteiger partial charge on any atom is -0.508 e. The van der Waals surface area contributed by atoms with Crippen LogP contribution in [0.4, 0.5) is 5.69 Å². The van der Waals surface area contributed by atoms with Crippen molar-refractivity contribution in [2.24, 2.45) is 11.8 Å². The summed E-state index contributed by atoms with van der Waals surface area (Å²) in [5.41, 5.74) is 1.19. The van der Waals surface area contributed by atoms with Crippen molar-refractivity contribution in [1.29, 1.82) is 0 Å². The molecule has 2 amide bonds. The number of carbonyl (C=O) groups is 3. The number of aliphatic hydroxyl groups excluding tert-OH is 1. The maximum atomic E-state index is 13.1. The molecule has 0 spiro atoms. The van der Waals surface area contributed by atoms with Crippen LogP contribution in [0.1, 0.15) is 77.7 Å². The van der Waals surface area contributed by atoms with Gasteiger partial charge in [0.15, 0.2) is 0 Å². The smallest absolute Gasteiger partial charge is 0.328 e. The van der Waals surface area contributed by atoms with E-state index in [1.165, 1.54) is 19.2 Å². The summed E-state index contributed by atoms with van der Waals surface area (Å²) in [7, 11) is 1.49. The summed E-state index contributed by atoms with van der Waals surface area (Å²) in [6.07, 6.45) is 16.2. The average molecular weight is 639 g/mol. The van der Waals surface area contributed by atoms with Crippen molar-refractivity contribution in [2.75, 3.05) is 12.4 Å². The Balaban J connectivity index is 1.82. The van der Waals surface area contributed by atoms with Gasteiger partial charge in [0.25, 0.3) is 0 Å². The molecule has 1 aliphatic heterocycles. The molecular formula is C36H50N2O8. The first-order valence-corrected chi connectivity index (χ1v) is 16.2. The molecule has 0 saturated heterocycles. The first-order chi connectivity index (χ1) is 22.0. The van der Waals surface area contributed by atoms with E-state index < -0.39 is 42.1 Å². The van der Waals surface area contributed by atoms with Crippen LogP contribution in [-0.2, 0) is 30.3 Å². The molecule has 10 heteroatoms. The van der Waals surface area contributed by atoms with Crippen LogP contribution >= 0.6 is 0 Å². The topological polar surface area (TPSA) is 154 Å². The molecule has 3 rings (SSSR count). The summed E-state index contributed by atoms with van der Waals surface area (Å²) in [6, 6.07) is 1.89. The van der Waals surface area contributed by atoms with Gasteiger partial charge in [-0.25, -0.2) is 4.79 Å². The van der Waals surface area contributed by atoms with Crippen molar-refractivity contribution in [3.8, 4) is 11.5 Å². The van der Waals surface area contributed by atoms with E-state index in [1.807, 2.05) is 19.1 Å². The van der Waals surface area contributed by atoms with Crippen molar-refractivity contribution in [3.05, 3.63) is 65.8 Å². The Labute approximate surface area is 272 Å². The fraction of sp³-hybridized carbons (Fsp3) is 0.528. The van der Waals surface area contributed by atoms with Crippen LogP contribution in [-0.4, -0.2) is 64.6 Å². The summed E-state index contributed by atoms with van der Waals surface area (Å²) < 4.78 is 11.3. The van der Waals surface area contributed by atoms with Crippen molar-refractivity contribution < 1.29 is 39.2 Å². The van der Waals surface area contributed by atoms with E-state index in [0.29, 0.717) is 30.4 Å². The van der Waals surface area contributed by atoms with Crippen LogP contribution in [0.3, 0.4) is 0 Å². The van der Waals surface area contributed by atoms with Gasteiger partial charge in [-0.05, 0) is 56.7 Å². The van der Waals surface area contributed by atoms with Crippen LogP contribution in [0.2, 0.25) is 0 Å². The highest BCUT2D eigenvalue weighted by Gasteiger charge is 2.31. The molecular weight excluding hydrogens is 588 g/mol. The van der Waals surface area contributed by atoms with Gasteiger partial charge in [-0.3, -0.25) is 9.59 Å². The third kappa shape index (κ3) is 11.2. The van der Waals surface area contributed by atoms with Gasteiger partial charge in [-0.1, -0.05) is 68.7 Å². The molecule has 252 valence electrons. The molecule has 5 N–H and O–H groups in total. The second-order valence-electron chi connectivity index (χ2n) is 12.3. The predicted octanol–water partition coefficient (Wildman–Crippen LogP) is 5.39. The number of aromatic hydroxyl groups is 2. The molecule has 1 aromatic carbocycles. The summed E-state index contributed by atoms with van der Waals surface area (Å²) in [5, 5.41) is 37.8. The molecule has 1 fully saturated rings. The number of esters is 1. The Hall–Kier alpha value is -3.89. The SMILES string of the molecule is CO[C@@H]1/C=C/C=C/C=C/C[C@H](OC(=O)[C@@H](C)NC(=O)C2CCCCC2)[C@H](C)[C@H](O)/C(C)=C\CCc2cc(O)cc(c2O)NC(=O)C1. The number of phenolic OH excluding ortho intramolecular Hbond substituents is 2. The molecule has 5 atom stereocenters. The van der Waals surface area contributed by atoms with Gasteiger partial charge in [0.05, 0.1) is 24.3 Å². The molecule has 2 bridgehead atoms. The molecule has 1 aliphatic carbocycles. The van der Waals surface area contributed by atoms with E-state index in [-0.39, 0.29) is 35.4 Å². The van der Waals surface area contributed by atoms with Crippen LogP contribution < -0.4 is 10.6 Å². The lowest BCUT2D eigenvalue weighted by Gasteiger charge is -2.29. The number of ether oxygens (including phenoxy) is 2.